The summed E-state index contributed by atoms with van der Waals surface area (Å²) in [5.74, 6) is 0. The summed E-state index contributed by atoms with van der Waals surface area (Å²) in [6, 6.07) is 0.473. The van der Waals surface area contributed by atoms with E-state index in [-0.39, 0.29) is 0 Å². The van der Waals surface area contributed by atoms with Crippen LogP contribution in [0.1, 0.15) is 38.5 Å². The molecule has 2 aliphatic rings. The monoisotopic (exact) mass is 215 g/mol. The van der Waals surface area contributed by atoms with E-state index in [1.807, 2.05) is 0 Å². The molecule has 0 spiro atoms. The molecule has 1 saturated carbocycles. The minimum absolute atomic E-state index is 0.473. The van der Waals surface area contributed by atoms with Gasteiger partial charge in [-0.3, -0.25) is 0 Å². The molecule has 0 aromatic heterocycles. The summed E-state index contributed by atoms with van der Waals surface area (Å²) >= 11 is 2.19. The van der Waals surface area contributed by atoms with E-state index in [1.54, 1.807) is 0 Å². The highest BCUT2D eigenvalue weighted by atomic mass is 32.2. The molecular weight excluding hydrogens is 194 g/mol. The number of hydrogen-bond donors (Lipinski definition) is 1. The molecule has 0 bridgehead atoms. The van der Waals surface area contributed by atoms with Gasteiger partial charge in [0.05, 0.1) is 0 Å². The van der Waals surface area contributed by atoms with Crippen LogP contribution in [0.5, 0.6) is 0 Å². The van der Waals surface area contributed by atoms with Crippen LogP contribution in [0.25, 0.3) is 0 Å². The SMILES string of the molecule is NC1CCCC(SC2CCOCC2)C1. The summed E-state index contributed by atoms with van der Waals surface area (Å²) in [6.45, 7) is 1.94. The van der Waals surface area contributed by atoms with Crippen LogP contribution in [-0.2, 0) is 4.74 Å². The maximum atomic E-state index is 5.99. The second-order valence-electron chi connectivity index (χ2n) is 4.50. The van der Waals surface area contributed by atoms with Gasteiger partial charge in [-0.2, -0.15) is 11.8 Å². The van der Waals surface area contributed by atoms with E-state index >= 15 is 0 Å². The fraction of sp³-hybridized carbons (Fsp3) is 1.00. The second kappa shape index (κ2) is 5.38. The lowest BCUT2D eigenvalue weighted by molar-refractivity contribution is 0.0999. The maximum Gasteiger partial charge on any atom is 0.0476 e. The van der Waals surface area contributed by atoms with Crippen molar-refractivity contribution in [2.45, 2.75) is 55.1 Å². The largest absolute Gasteiger partial charge is 0.381 e. The summed E-state index contributed by atoms with van der Waals surface area (Å²) in [7, 11) is 0. The Hall–Kier alpha value is 0.270. The highest BCUT2D eigenvalue weighted by molar-refractivity contribution is 8.00. The average Bonchev–Trinajstić information content (AvgIpc) is 2.19. The zero-order valence-corrected chi connectivity index (χ0v) is 9.60. The Morgan fingerprint density at radius 1 is 1.00 bits per heavy atom. The van der Waals surface area contributed by atoms with E-state index in [0.717, 1.165) is 23.7 Å². The van der Waals surface area contributed by atoms with E-state index in [2.05, 4.69) is 11.8 Å². The van der Waals surface area contributed by atoms with Gasteiger partial charge >= 0.3 is 0 Å². The summed E-state index contributed by atoms with van der Waals surface area (Å²) < 4.78 is 5.37. The molecule has 0 radical (unpaired) electrons. The zero-order chi connectivity index (χ0) is 9.80. The van der Waals surface area contributed by atoms with Gasteiger partial charge in [-0.25, -0.2) is 0 Å². The molecule has 1 heterocycles. The summed E-state index contributed by atoms with van der Waals surface area (Å²) in [5, 5.41) is 1.68. The van der Waals surface area contributed by atoms with Crippen molar-refractivity contribution in [2.75, 3.05) is 13.2 Å². The van der Waals surface area contributed by atoms with Crippen molar-refractivity contribution in [1.82, 2.24) is 0 Å². The van der Waals surface area contributed by atoms with Gasteiger partial charge in [-0.15, -0.1) is 0 Å². The molecule has 2 fully saturated rings. The molecule has 3 heteroatoms. The van der Waals surface area contributed by atoms with Crippen molar-refractivity contribution in [3.05, 3.63) is 0 Å². The van der Waals surface area contributed by atoms with Gasteiger partial charge in [0.25, 0.3) is 0 Å². The maximum absolute atomic E-state index is 5.99. The lowest BCUT2D eigenvalue weighted by Crippen LogP contribution is -2.31. The van der Waals surface area contributed by atoms with Gasteiger partial charge in [0.15, 0.2) is 0 Å². The first kappa shape index (κ1) is 10.8. The van der Waals surface area contributed by atoms with E-state index in [9.17, 15) is 0 Å². The molecule has 82 valence electrons. The van der Waals surface area contributed by atoms with Crippen molar-refractivity contribution >= 4 is 11.8 Å². The van der Waals surface area contributed by atoms with Gasteiger partial charge < -0.3 is 10.5 Å². The molecule has 1 aliphatic carbocycles. The highest BCUT2D eigenvalue weighted by Gasteiger charge is 2.24. The summed E-state index contributed by atoms with van der Waals surface area (Å²) in [4.78, 5) is 0. The van der Waals surface area contributed by atoms with Crippen molar-refractivity contribution in [3.63, 3.8) is 0 Å². The van der Waals surface area contributed by atoms with E-state index in [0.29, 0.717) is 6.04 Å². The van der Waals surface area contributed by atoms with Crippen LogP contribution in [0, 0.1) is 0 Å². The lowest BCUT2D eigenvalue weighted by atomic mass is 9.96. The van der Waals surface area contributed by atoms with Crippen LogP contribution in [0.4, 0.5) is 0 Å². The van der Waals surface area contributed by atoms with E-state index in [4.69, 9.17) is 10.5 Å². The first-order valence-electron chi connectivity index (χ1n) is 5.83. The minimum atomic E-state index is 0.473. The fourth-order valence-electron chi connectivity index (χ4n) is 2.39. The molecule has 14 heavy (non-hydrogen) atoms. The molecule has 0 amide bonds. The predicted molar refractivity (Wildman–Crippen MR) is 61.7 cm³/mol. The Balaban J connectivity index is 1.72. The first-order chi connectivity index (χ1) is 6.84. The number of nitrogens with two attached hydrogens (primary N) is 1. The first-order valence-corrected chi connectivity index (χ1v) is 6.77. The third kappa shape index (κ3) is 3.14. The second-order valence-corrected chi connectivity index (χ2v) is 6.10. The van der Waals surface area contributed by atoms with Crippen LogP contribution < -0.4 is 5.73 Å². The van der Waals surface area contributed by atoms with E-state index < -0.39 is 0 Å². The van der Waals surface area contributed by atoms with Crippen molar-refractivity contribution in [2.24, 2.45) is 5.73 Å². The molecule has 1 aliphatic heterocycles. The Bertz CT molecular complexity index is 171. The number of rotatable bonds is 2. The zero-order valence-electron chi connectivity index (χ0n) is 8.78. The number of hydrogen-bond acceptors (Lipinski definition) is 3. The van der Waals surface area contributed by atoms with Crippen molar-refractivity contribution < 1.29 is 4.74 Å². The van der Waals surface area contributed by atoms with Crippen LogP contribution in [0.2, 0.25) is 0 Å². The van der Waals surface area contributed by atoms with Gasteiger partial charge in [-0.05, 0) is 32.1 Å². The Morgan fingerprint density at radius 2 is 1.79 bits per heavy atom. The fourth-order valence-corrected chi connectivity index (χ4v) is 4.06. The minimum Gasteiger partial charge on any atom is -0.381 e. The molecule has 0 aromatic carbocycles. The molecule has 2 N–H and O–H groups in total. The normalized spacial score (nSPS) is 35.8. The lowest BCUT2D eigenvalue weighted by Gasteiger charge is -2.31. The average molecular weight is 215 g/mol. The molecule has 2 nitrogen and oxygen atoms in total. The van der Waals surface area contributed by atoms with Crippen LogP contribution in [0.3, 0.4) is 0 Å². The van der Waals surface area contributed by atoms with Crippen molar-refractivity contribution in [3.8, 4) is 0 Å². The molecule has 2 atom stereocenters. The Morgan fingerprint density at radius 3 is 2.50 bits per heavy atom. The van der Waals surface area contributed by atoms with Crippen LogP contribution in [-0.4, -0.2) is 29.8 Å². The molecule has 2 unspecified atom stereocenters. The van der Waals surface area contributed by atoms with Gasteiger partial charge in [0.2, 0.25) is 0 Å². The smallest absolute Gasteiger partial charge is 0.0476 e. The van der Waals surface area contributed by atoms with Gasteiger partial charge in [0.1, 0.15) is 0 Å². The standard InChI is InChI=1S/C11H21NOS/c12-9-2-1-3-11(8-9)14-10-4-6-13-7-5-10/h9-11H,1-8,12H2. The van der Waals surface area contributed by atoms with Crippen molar-refractivity contribution in [1.29, 1.82) is 0 Å². The van der Waals surface area contributed by atoms with E-state index in [1.165, 1.54) is 38.5 Å². The van der Waals surface area contributed by atoms with Gasteiger partial charge in [-0.1, -0.05) is 6.42 Å². The topological polar surface area (TPSA) is 35.2 Å². The Labute approximate surface area is 91.0 Å². The Kier molecular flexibility index (Phi) is 4.14. The summed E-state index contributed by atoms with van der Waals surface area (Å²) in [5.41, 5.74) is 5.99. The number of thioether (sulfide) groups is 1. The van der Waals surface area contributed by atoms with Crippen LogP contribution in [0.15, 0.2) is 0 Å². The predicted octanol–water partition coefficient (Wildman–Crippen LogP) is 2.17. The molecular formula is C11H21NOS. The highest BCUT2D eigenvalue weighted by Crippen LogP contribution is 2.34. The number of ether oxygens (including phenoxy) is 1. The van der Waals surface area contributed by atoms with Gasteiger partial charge in [0, 0.05) is 29.8 Å². The molecule has 0 aromatic rings. The molecule has 2 rings (SSSR count). The molecule has 1 saturated heterocycles. The van der Waals surface area contributed by atoms with Crippen LogP contribution >= 0.6 is 11.8 Å². The quantitative estimate of drug-likeness (QED) is 0.767. The summed E-state index contributed by atoms with van der Waals surface area (Å²) in [6.07, 6.45) is 7.69. The third-order valence-electron chi connectivity index (χ3n) is 3.22. The third-order valence-corrected chi connectivity index (χ3v) is 4.89.